The predicted octanol–water partition coefficient (Wildman–Crippen LogP) is 5.69. The van der Waals surface area contributed by atoms with E-state index in [1.165, 1.54) is 70.6 Å². The molecule has 0 amide bonds. The monoisotopic (exact) mass is 621 g/mol. The number of aliphatic hydroxyl groups is 2. The highest BCUT2D eigenvalue weighted by Crippen LogP contribution is 2.39. The first-order chi connectivity index (χ1) is 19.6. The molecule has 6 unspecified atom stereocenters. The molecule has 2 saturated heterocycles. The summed E-state index contributed by atoms with van der Waals surface area (Å²) >= 11 is 0. The van der Waals surface area contributed by atoms with Crippen molar-refractivity contribution in [3.8, 4) is 0 Å². The van der Waals surface area contributed by atoms with E-state index in [9.17, 15) is 9.90 Å². The molecule has 0 bridgehead atoms. The summed E-state index contributed by atoms with van der Waals surface area (Å²) in [5.74, 6) is -0.491. The number of carboxylic acid groups (broad SMARTS) is 1. The second-order valence-corrected chi connectivity index (χ2v) is 12.5. The molecular weight excluding hydrogens is 562 g/mol. The quantitative estimate of drug-likeness (QED) is 0.116. The highest BCUT2D eigenvalue weighted by Gasteiger charge is 2.56. The van der Waals surface area contributed by atoms with Crippen molar-refractivity contribution in [2.24, 2.45) is 5.92 Å². The second kappa shape index (κ2) is 21.8. The molecule has 0 saturated carbocycles. The summed E-state index contributed by atoms with van der Waals surface area (Å²) in [5, 5.41) is 27.6. The molecule has 1 aliphatic carbocycles. The largest absolute Gasteiger partial charge is 0.481 e. The van der Waals surface area contributed by atoms with E-state index >= 15 is 0 Å². The fourth-order valence-electron chi connectivity index (χ4n) is 5.74. The van der Waals surface area contributed by atoms with Gasteiger partial charge in [-0.25, -0.2) is 0 Å². The van der Waals surface area contributed by atoms with Gasteiger partial charge in [-0.2, -0.15) is 0 Å². The zero-order chi connectivity index (χ0) is 30.1. The minimum atomic E-state index is -1.01. The molecule has 42 heavy (non-hydrogen) atoms. The maximum absolute atomic E-state index is 10.3. The van der Waals surface area contributed by atoms with Crippen LogP contribution in [0.1, 0.15) is 110 Å². The minimum Gasteiger partial charge on any atom is -0.481 e. The molecule has 9 nitrogen and oxygen atoms in total. The first-order valence-corrected chi connectivity index (χ1v) is 16.1. The Labute approximate surface area is 260 Å². The Morgan fingerprint density at radius 3 is 2.17 bits per heavy atom. The number of carbonyl (C=O) groups is 1. The van der Waals surface area contributed by atoms with Gasteiger partial charge in [0.2, 0.25) is 0 Å². The number of aliphatic carboxylic acids is 1. The third kappa shape index (κ3) is 15.8. The zero-order valence-electron chi connectivity index (χ0n) is 26.6. The van der Waals surface area contributed by atoms with Crippen LogP contribution in [-0.2, 0) is 23.7 Å². The van der Waals surface area contributed by atoms with Crippen LogP contribution >= 0.6 is 12.4 Å². The second-order valence-electron chi connectivity index (χ2n) is 12.5. The highest BCUT2D eigenvalue weighted by atomic mass is 35.5. The van der Waals surface area contributed by atoms with Crippen LogP contribution in [0, 0.1) is 5.92 Å². The van der Waals surface area contributed by atoms with Crippen LogP contribution in [0.2, 0.25) is 0 Å². The first kappa shape index (κ1) is 39.2. The van der Waals surface area contributed by atoms with Gasteiger partial charge in [0.25, 0.3) is 0 Å². The number of hydrogen-bond donors (Lipinski definition) is 3. The molecule has 0 spiro atoms. The predicted molar refractivity (Wildman–Crippen MR) is 167 cm³/mol. The Morgan fingerprint density at radius 1 is 1.00 bits per heavy atom. The van der Waals surface area contributed by atoms with Gasteiger partial charge in [0.15, 0.2) is 12.1 Å². The Balaban J connectivity index is 0.000000411. The normalized spacial score (nSPS) is 26.5. The van der Waals surface area contributed by atoms with E-state index in [1.54, 1.807) is 0 Å². The molecule has 3 aliphatic rings. The van der Waals surface area contributed by atoms with Gasteiger partial charge < -0.3 is 39.2 Å². The highest BCUT2D eigenvalue weighted by molar-refractivity contribution is 5.85. The summed E-state index contributed by atoms with van der Waals surface area (Å²) in [7, 11) is 4.01. The van der Waals surface area contributed by atoms with Crippen molar-refractivity contribution in [1.29, 1.82) is 0 Å². The lowest BCUT2D eigenvalue weighted by molar-refractivity contribution is -0.231. The molecule has 6 atom stereocenters. The number of ether oxygens (including phenoxy) is 4. The van der Waals surface area contributed by atoms with Gasteiger partial charge in [-0.3, -0.25) is 4.79 Å². The molecule has 248 valence electrons. The van der Waals surface area contributed by atoms with E-state index in [0.29, 0.717) is 13.0 Å². The van der Waals surface area contributed by atoms with Gasteiger partial charge in [-0.05, 0) is 72.5 Å². The van der Waals surface area contributed by atoms with E-state index in [1.807, 2.05) is 27.9 Å². The van der Waals surface area contributed by atoms with Gasteiger partial charge in [-0.15, -0.1) is 12.4 Å². The molecule has 2 fully saturated rings. The number of hydrogen-bond acceptors (Lipinski definition) is 8. The van der Waals surface area contributed by atoms with Crippen molar-refractivity contribution in [2.45, 2.75) is 147 Å². The molecule has 10 heteroatoms. The number of nitrogens with zero attached hydrogens (tertiary/aromatic N) is 1. The number of unbranched alkanes of at least 4 members (excludes halogenated alkanes) is 9. The molecule has 2 heterocycles. The smallest absolute Gasteiger partial charge is 0.303 e. The van der Waals surface area contributed by atoms with Gasteiger partial charge in [0.05, 0.1) is 6.61 Å². The van der Waals surface area contributed by atoms with Gasteiger partial charge in [0.1, 0.15) is 24.4 Å². The van der Waals surface area contributed by atoms with Crippen molar-refractivity contribution in [1.82, 2.24) is 4.90 Å². The first-order valence-electron chi connectivity index (χ1n) is 16.1. The van der Waals surface area contributed by atoms with Crippen LogP contribution in [0.15, 0.2) is 12.2 Å². The maximum Gasteiger partial charge on any atom is 0.303 e. The average molecular weight is 622 g/mol. The van der Waals surface area contributed by atoms with E-state index in [2.05, 4.69) is 17.1 Å². The summed E-state index contributed by atoms with van der Waals surface area (Å²) < 4.78 is 23.0. The summed E-state index contributed by atoms with van der Waals surface area (Å²) in [4.78, 5) is 12.4. The van der Waals surface area contributed by atoms with Crippen molar-refractivity contribution in [2.75, 3.05) is 33.9 Å². The molecule has 0 radical (unpaired) electrons. The Hall–Kier alpha value is -0.780. The summed E-state index contributed by atoms with van der Waals surface area (Å²) in [6, 6.07) is 0. The summed E-state index contributed by atoms with van der Waals surface area (Å²) in [6.07, 6.45) is 19.7. The van der Waals surface area contributed by atoms with Crippen molar-refractivity contribution < 1.29 is 39.1 Å². The van der Waals surface area contributed by atoms with E-state index in [0.717, 1.165) is 31.7 Å². The lowest BCUT2D eigenvalue weighted by atomic mass is 9.99. The third-order valence-corrected chi connectivity index (χ3v) is 7.98. The maximum atomic E-state index is 10.3. The standard InChI is InChI=1S/C18H32O2.C14H27NO6.ClH/c19-18(20)16-10-8-6-4-2-1-3-5-7-9-13-17-14-11-12-15-17;1-14(2)20-12-11(18-7-5-6-15(3)4)10(9(17)8-16)19-13(12)21-14;/h11,14,17H,1-10,12-13,15-16H2,(H,19,20);9-13,16-17H,5-8H2,1-4H3;1H. The van der Waals surface area contributed by atoms with Crippen LogP contribution in [0.4, 0.5) is 0 Å². The lowest BCUT2D eigenvalue weighted by Crippen LogP contribution is -2.44. The average Bonchev–Trinajstić information content (AvgIpc) is 3.62. The number of allylic oxidation sites excluding steroid dienone is 2. The topological polar surface area (TPSA) is 118 Å². The minimum absolute atomic E-state index is 0. The van der Waals surface area contributed by atoms with Gasteiger partial charge >= 0.3 is 5.97 Å². The van der Waals surface area contributed by atoms with Crippen LogP contribution in [0.5, 0.6) is 0 Å². The number of aliphatic hydroxyl groups excluding tert-OH is 2. The zero-order valence-corrected chi connectivity index (χ0v) is 27.4. The van der Waals surface area contributed by atoms with Crippen LogP contribution < -0.4 is 0 Å². The number of carboxylic acids is 1. The Bertz CT molecular complexity index is 737. The summed E-state index contributed by atoms with van der Waals surface area (Å²) in [5.41, 5.74) is 0. The molecule has 0 aromatic heterocycles. The lowest BCUT2D eigenvalue weighted by Gasteiger charge is -2.28. The summed E-state index contributed by atoms with van der Waals surface area (Å²) in [6.45, 7) is 4.70. The van der Waals surface area contributed by atoms with Crippen molar-refractivity contribution >= 4 is 18.4 Å². The van der Waals surface area contributed by atoms with Crippen LogP contribution in [0.3, 0.4) is 0 Å². The molecule has 3 rings (SSSR count). The van der Waals surface area contributed by atoms with Crippen LogP contribution in [0.25, 0.3) is 0 Å². The number of fused-ring (bicyclic) bond motifs is 1. The van der Waals surface area contributed by atoms with E-state index in [-0.39, 0.29) is 25.1 Å². The van der Waals surface area contributed by atoms with E-state index in [4.69, 9.17) is 29.2 Å². The van der Waals surface area contributed by atoms with E-state index < -0.39 is 36.4 Å². The molecule has 0 aromatic carbocycles. The Morgan fingerprint density at radius 2 is 1.62 bits per heavy atom. The SMILES string of the molecule is CN(C)CCCOC1C(C(O)CO)OC2OC(C)(C)OC21.Cl.O=C(O)CCCCCCCCCCCCC1C=CCC1. The molecular formula is C32H60ClNO8. The molecule has 3 N–H and O–H groups in total. The van der Waals surface area contributed by atoms with Crippen molar-refractivity contribution in [3.05, 3.63) is 12.2 Å². The van der Waals surface area contributed by atoms with Gasteiger partial charge in [0, 0.05) is 13.0 Å². The third-order valence-electron chi connectivity index (χ3n) is 7.98. The fraction of sp³-hybridized carbons (Fsp3) is 0.906. The molecule has 0 aromatic rings. The van der Waals surface area contributed by atoms with Crippen molar-refractivity contribution in [3.63, 3.8) is 0 Å². The number of halogens is 1. The molecule has 2 aliphatic heterocycles. The van der Waals surface area contributed by atoms with Crippen LogP contribution in [-0.4, -0.2) is 96.5 Å². The Kier molecular flexibility index (Phi) is 20.4. The number of rotatable bonds is 20. The van der Waals surface area contributed by atoms with Gasteiger partial charge in [-0.1, -0.05) is 69.9 Å². The fourth-order valence-corrected chi connectivity index (χ4v) is 5.74.